The average molecular weight is 298 g/mol. The summed E-state index contributed by atoms with van der Waals surface area (Å²) in [5.74, 6) is -1.49. The van der Waals surface area contributed by atoms with Gasteiger partial charge >= 0.3 is 12.1 Å². The number of carbonyl (C=O) groups is 1. The van der Waals surface area contributed by atoms with Crippen LogP contribution in [0.15, 0.2) is 18.2 Å². The van der Waals surface area contributed by atoms with Gasteiger partial charge in [0.15, 0.2) is 5.60 Å². The average Bonchev–Trinajstić information content (AvgIpc) is 2.24. The third kappa shape index (κ3) is 4.29. The van der Waals surface area contributed by atoms with Gasteiger partial charge in [-0.25, -0.2) is 4.79 Å². The van der Waals surface area contributed by atoms with Crippen LogP contribution in [0.3, 0.4) is 0 Å². The Kier molecular flexibility index (Phi) is 4.32. The number of hydrogen-bond donors (Lipinski definition) is 3. The molecule has 1 unspecified atom stereocenters. The largest absolute Gasteiger partial charge is 0.479 e. The molecule has 1 rings (SSSR count). The van der Waals surface area contributed by atoms with Gasteiger partial charge < -0.3 is 15.5 Å². The molecule has 0 aromatic heterocycles. The van der Waals surface area contributed by atoms with Crippen molar-refractivity contribution in [3.05, 3.63) is 28.8 Å². The Labute approximate surface area is 111 Å². The molecule has 0 radical (unpaired) electrons. The number of anilines is 1. The van der Waals surface area contributed by atoms with Gasteiger partial charge in [-0.15, -0.1) is 0 Å². The van der Waals surface area contributed by atoms with Crippen molar-refractivity contribution in [1.82, 2.24) is 0 Å². The Balaban J connectivity index is 2.91. The van der Waals surface area contributed by atoms with Crippen LogP contribution in [-0.4, -0.2) is 28.3 Å². The third-order valence-corrected chi connectivity index (χ3v) is 2.54. The van der Waals surface area contributed by atoms with Gasteiger partial charge in [-0.3, -0.25) is 0 Å². The van der Waals surface area contributed by atoms with Gasteiger partial charge in [-0.2, -0.15) is 13.2 Å². The van der Waals surface area contributed by atoms with Crippen molar-refractivity contribution >= 4 is 23.3 Å². The number of hydrogen-bond acceptors (Lipinski definition) is 3. The van der Waals surface area contributed by atoms with Crippen LogP contribution in [0.1, 0.15) is 12.5 Å². The van der Waals surface area contributed by atoms with E-state index < -0.39 is 29.9 Å². The molecule has 0 aliphatic rings. The van der Waals surface area contributed by atoms with Crippen molar-refractivity contribution in [1.29, 1.82) is 0 Å². The molecule has 0 bridgehead atoms. The quantitative estimate of drug-likeness (QED) is 0.799. The highest BCUT2D eigenvalue weighted by atomic mass is 35.5. The molecular weight excluding hydrogens is 287 g/mol. The minimum Gasteiger partial charge on any atom is -0.479 e. The van der Waals surface area contributed by atoms with E-state index in [-0.39, 0.29) is 10.7 Å². The molecule has 0 amide bonds. The van der Waals surface area contributed by atoms with E-state index in [1.807, 2.05) is 0 Å². The highest BCUT2D eigenvalue weighted by molar-refractivity contribution is 6.30. The molecule has 0 aliphatic carbocycles. The van der Waals surface area contributed by atoms with Gasteiger partial charge in [0.1, 0.15) is 0 Å². The lowest BCUT2D eigenvalue weighted by atomic mass is 10.1. The van der Waals surface area contributed by atoms with Crippen LogP contribution in [0.2, 0.25) is 5.02 Å². The number of carboxylic acid groups (broad SMARTS) is 1. The summed E-state index contributed by atoms with van der Waals surface area (Å²) >= 11 is 5.55. The van der Waals surface area contributed by atoms with Gasteiger partial charge in [-0.1, -0.05) is 11.6 Å². The number of nitrogens with one attached hydrogen (secondary N) is 1. The van der Waals surface area contributed by atoms with Crippen LogP contribution in [0, 0.1) is 0 Å². The lowest BCUT2D eigenvalue weighted by molar-refractivity contribution is -0.155. The summed E-state index contributed by atoms with van der Waals surface area (Å²) in [6.45, 7) is 0.567. The van der Waals surface area contributed by atoms with Gasteiger partial charge in [0.05, 0.1) is 12.1 Å². The van der Waals surface area contributed by atoms with Crippen LogP contribution >= 0.6 is 11.6 Å². The highest BCUT2D eigenvalue weighted by Gasteiger charge is 2.32. The molecule has 1 aromatic carbocycles. The number of aliphatic hydroxyl groups is 1. The summed E-state index contributed by atoms with van der Waals surface area (Å²) in [6, 6.07) is 2.74. The van der Waals surface area contributed by atoms with E-state index in [0.717, 1.165) is 19.1 Å². The zero-order valence-corrected chi connectivity index (χ0v) is 10.5. The smallest absolute Gasteiger partial charge is 0.416 e. The third-order valence-electron chi connectivity index (χ3n) is 2.32. The van der Waals surface area contributed by atoms with Crippen LogP contribution in [0.4, 0.5) is 18.9 Å². The van der Waals surface area contributed by atoms with Gasteiger partial charge in [0.2, 0.25) is 0 Å². The monoisotopic (exact) mass is 297 g/mol. The SMILES string of the molecule is CC(O)(CNc1cc(Cl)cc(C(F)(F)F)c1)C(=O)O. The lowest BCUT2D eigenvalue weighted by Gasteiger charge is -2.19. The van der Waals surface area contributed by atoms with E-state index in [2.05, 4.69) is 5.32 Å². The summed E-state index contributed by atoms with van der Waals surface area (Å²) in [7, 11) is 0. The van der Waals surface area contributed by atoms with E-state index >= 15 is 0 Å². The predicted octanol–water partition coefficient (Wildman–Crippen LogP) is 2.61. The normalized spacial score (nSPS) is 14.8. The van der Waals surface area contributed by atoms with E-state index in [9.17, 15) is 23.1 Å². The minimum atomic E-state index is -4.56. The Morgan fingerprint density at radius 1 is 1.37 bits per heavy atom. The number of carboxylic acids is 1. The Bertz CT molecular complexity index is 489. The maximum atomic E-state index is 12.5. The summed E-state index contributed by atoms with van der Waals surface area (Å²) in [4.78, 5) is 10.6. The summed E-state index contributed by atoms with van der Waals surface area (Å²) in [5, 5.41) is 20.4. The molecule has 0 saturated carbocycles. The molecule has 0 aliphatic heterocycles. The molecule has 4 nitrogen and oxygen atoms in total. The van der Waals surface area contributed by atoms with Crippen molar-refractivity contribution in [2.24, 2.45) is 0 Å². The number of alkyl halides is 3. The Morgan fingerprint density at radius 2 is 1.95 bits per heavy atom. The molecule has 1 atom stereocenters. The fourth-order valence-corrected chi connectivity index (χ4v) is 1.44. The first-order valence-corrected chi connectivity index (χ1v) is 5.47. The van der Waals surface area contributed by atoms with Gasteiger partial charge in [0, 0.05) is 10.7 Å². The minimum absolute atomic E-state index is 0.0265. The maximum absolute atomic E-state index is 12.5. The molecule has 0 spiro atoms. The Hall–Kier alpha value is -1.47. The summed E-state index contributed by atoms with van der Waals surface area (Å²) in [6.07, 6.45) is -4.56. The summed E-state index contributed by atoms with van der Waals surface area (Å²) < 4.78 is 37.6. The predicted molar refractivity (Wildman–Crippen MR) is 63.2 cm³/mol. The van der Waals surface area contributed by atoms with E-state index in [0.29, 0.717) is 0 Å². The molecule has 106 valence electrons. The first-order valence-electron chi connectivity index (χ1n) is 5.10. The van der Waals surface area contributed by atoms with E-state index in [1.54, 1.807) is 0 Å². The number of benzene rings is 1. The fourth-order valence-electron chi connectivity index (χ4n) is 1.21. The topological polar surface area (TPSA) is 69.6 Å². The number of halogens is 4. The molecule has 0 saturated heterocycles. The van der Waals surface area contributed by atoms with Gasteiger partial charge in [-0.05, 0) is 25.1 Å². The maximum Gasteiger partial charge on any atom is 0.416 e. The molecule has 19 heavy (non-hydrogen) atoms. The zero-order chi connectivity index (χ0) is 14.8. The van der Waals surface area contributed by atoms with Crippen molar-refractivity contribution < 1.29 is 28.2 Å². The van der Waals surface area contributed by atoms with Crippen molar-refractivity contribution in [2.45, 2.75) is 18.7 Å². The lowest BCUT2D eigenvalue weighted by Crippen LogP contribution is -2.41. The van der Waals surface area contributed by atoms with Gasteiger partial charge in [0.25, 0.3) is 0 Å². The second-order valence-corrected chi connectivity index (χ2v) is 4.60. The first kappa shape index (κ1) is 15.6. The van der Waals surface area contributed by atoms with Crippen molar-refractivity contribution in [3.8, 4) is 0 Å². The standard InChI is InChI=1S/C11H11ClF3NO3/c1-10(19,9(17)18)5-16-8-3-6(11(13,14)15)2-7(12)4-8/h2-4,16,19H,5H2,1H3,(H,17,18). The van der Waals surface area contributed by atoms with Crippen molar-refractivity contribution in [3.63, 3.8) is 0 Å². The van der Waals surface area contributed by atoms with Crippen molar-refractivity contribution in [2.75, 3.05) is 11.9 Å². The second-order valence-electron chi connectivity index (χ2n) is 4.16. The van der Waals surface area contributed by atoms with Crippen LogP contribution in [0.25, 0.3) is 0 Å². The van der Waals surface area contributed by atoms with Crippen LogP contribution in [-0.2, 0) is 11.0 Å². The molecule has 0 fully saturated rings. The van der Waals surface area contributed by atoms with E-state index in [1.165, 1.54) is 6.07 Å². The first-order chi connectivity index (χ1) is 8.52. The molecule has 1 aromatic rings. The zero-order valence-electron chi connectivity index (χ0n) is 9.75. The molecular formula is C11H11ClF3NO3. The number of rotatable bonds is 4. The van der Waals surface area contributed by atoms with Crippen LogP contribution < -0.4 is 5.32 Å². The molecule has 0 heterocycles. The highest BCUT2D eigenvalue weighted by Crippen LogP contribution is 2.33. The van der Waals surface area contributed by atoms with E-state index in [4.69, 9.17) is 16.7 Å². The fraction of sp³-hybridized carbons (Fsp3) is 0.364. The van der Waals surface area contributed by atoms with Crippen LogP contribution in [0.5, 0.6) is 0 Å². The number of aliphatic carboxylic acids is 1. The summed E-state index contributed by atoms with van der Waals surface area (Å²) in [5.41, 5.74) is -3.08. The second kappa shape index (κ2) is 5.26. The Morgan fingerprint density at radius 3 is 2.42 bits per heavy atom. The molecule has 3 N–H and O–H groups in total. The molecule has 8 heteroatoms.